The first-order valence-electron chi connectivity index (χ1n) is 7.04. The standard InChI is InChI=1S/C16H16N4O2/c1-3-22-16(21)18-15-10-11(2)19-20(15)14-9-8-12-6-4-5-7-13(12)17-14/h4-10H,3H2,1-2H3,(H,18,21). The molecule has 22 heavy (non-hydrogen) atoms. The maximum absolute atomic E-state index is 11.6. The highest BCUT2D eigenvalue weighted by atomic mass is 16.5. The molecule has 3 aromatic rings. The number of nitrogens with one attached hydrogen (secondary N) is 1. The summed E-state index contributed by atoms with van der Waals surface area (Å²) in [5.41, 5.74) is 1.65. The predicted octanol–water partition coefficient (Wildman–Crippen LogP) is 3.30. The van der Waals surface area contributed by atoms with Gasteiger partial charge in [0.05, 0.1) is 17.8 Å². The van der Waals surface area contributed by atoms with Gasteiger partial charge in [0.1, 0.15) is 5.82 Å². The number of carbonyl (C=O) groups is 1. The number of nitrogens with zero attached hydrogens (tertiary/aromatic N) is 3. The number of benzene rings is 1. The summed E-state index contributed by atoms with van der Waals surface area (Å²) in [7, 11) is 0. The lowest BCUT2D eigenvalue weighted by atomic mass is 10.2. The Morgan fingerprint density at radius 2 is 2.09 bits per heavy atom. The van der Waals surface area contributed by atoms with Crippen LogP contribution >= 0.6 is 0 Å². The monoisotopic (exact) mass is 296 g/mol. The van der Waals surface area contributed by atoms with Crippen molar-refractivity contribution in [3.05, 3.63) is 48.2 Å². The molecule has 112 valence electrons. The van der Waals surface area contributed by atoms with Crippen LogP contribution in [0.25, 0.3) is 16.7 Å². The van der Waals surface area contributed by atoms with Crippen molar-refractivity contribution < 1.29 is 9.53 Å². The second-order valence-electron chi connectivity index (χ2n) is 4.79. The van der Waals surface area contributed by atoms with Gasteiger partial charge < -0.3 is 4.74 Å². The highest BCUT2D eigenvalue weighted by Crippen LogP contribution is 2.19. The smallest absolute Gasteiger partial charge is 0.412 e. The zero-order valence-corrected chi connectivity index (χ0v) is 12.4. The van der Waals surface area contributed by atoms with Crippen LogP contribution in [0, 0.1) is 6.92 Å². The molecular formula is C16H16N4O2. The average molecular weight is 296 g/mol. The highest BCUT2D eigenvalue weighted by molar-refractivity contribution is 5.84. The van der Waals surface area contributed by atoms with Gasteiger partial charge in [0.25, 0.3) is 0 Å². The topological polar surface area (TPSA) is 69.0 Å². The van der Waals surface area contributed by atoms with Gasteiger partial charge in [0.15, 0.2) is 5.82 Å². The molecule has 0 saturated heterocycles. The van der Waals surface area contributed by atoms with Crippen molar-refractivity contribution in [3.63, 3.8) is 0 Å². The van der Waals surface area contributed by atoms with Gasteiger partial charge in [-0.25, -0.2) is 9.78 Å². The van der Waals surface area contributed by atoms with E-state index in [-0.39, 0.29) is 0 Å². The molecule has 0 saturated carbocycles. The fourth-order valence-corrected chi connectivity index (χ4v) is 2.21. The van der Waals surface area contributed by atoms with E-state index in [1.807, 2.05) is 43.3 Å². The van der Waals surface area contributed by atoms with Crippen LogP contribution in [0.2, 0.25) is 0 Å². The van der Waals surface area contributed by atoms with Gasteiger partial charge in [-0.15, -0.1) is 0 Å². The summed E-state index contributed by atoms with van der Waals surface area (Å²) in [5, 5.41) is 8.11. The number of amides is 1. The molecule has 1 N–H and O–H groups in total. The van der Waals surface area contributed by atoms with E-state index in [0.717, 1.165) is 16.6 Å². The molecule has 2 heterocycles. The van der Waals surface area contributed by atoms with E-state index in [4.69, 9.17) is 4.74 Å². The Bertz CT molecular complexity index is 826. The number of para-hydroxylation sites is 1. The third kappa shape index (κ3) is 2.76. The molecule has 0 atom stereocenters. The number of aryl methyl sites for hydroxylation is 1. The summed E-state index contributed by atoms with van der Waals surface area (Å²) in [4.78, 5) is 16.2. The Morgan fingerprint density at radius 3 is 2.91 bits per heavy atom. The first kappa shape index (κ1) is 14.1. The first-order valence-corrected chi connectivity index (χ1v) is 7.04. The number of anilines is 1. The molecule has 0 bridgehead atoms. The van der Waals surface area contributed by atoms with Crippen LogP contribution in [0.15, 0.2) is 42.5 Å². The largest absolute Gasteiger partial charge is 0.450 e. The van der Waals surface area contributed by atoms with Crippen LogP contribution in [0.1, 0.15) is 12.6 Å². The normalized spacial score (nSPS) is 10.6. The Kier molecular flexibility index (Phi) is 3.74. The van der Waals surface area contributed by atoms with Crippen molar-refractivity contribution >= 4 is 22.8 Å². The van der Waals surface area contributed by atoms with E-state index in [1.54, 1.807) is 17.7 Å². The lowest BCUT2D eigenvalue weighted by Crippen LogP contribution is -2.16. The van der Waals surface area contributed by atoms with Gasteiger partial charge in [-0.1, -0.05) is 18.2 Å². The fraction of sp³-hybridized carbons (Fsp3) is 0.188. The van der Waals surface area contributed by atoms with Gasteiger partial charge >= 0.3 is 6.09 Å². The number of hydrogen-bond donors (Lipinski definition) is 1. The fourth-order valence-electron chi connectivity index (χ4n) is 2.21. The molecule has 1 aromatic carbocycles. The van der Waals surface area contributed by atoms with Crippen LogP contribution in [0.5, 0.6) is 0 Å². The second kappa shape index (κ2) is 5.85. The molecule has 0 radical (unpaired) electrons. The van der Waals surface area contributed by atoms with Crippen molar-refractivity contribution in [1.82, 2.24) is 14.8 Å². The molecule has 2 aromatic heterocycles. The number of carbonyl (C=O) groups excluding carboxylic acids is 1. The summed E-state index contributed by atoms with van der Waals surface area (Å²) in [6.07, 6.45) is -0.510. The molecular weight excluding hydrogens is 280 g/mol. The average Bonchev–Trinajstić information content (AvgIpc) is 2.87. The van der Waals surface area contributed by atoms with Gasteiger partial charge in [-0.05, 0) is 32.0 Å². The Labute approximate surface area is 127 Å². The van der Waals surface area contributed by atoms with Crippen LogP contribution < -0.4 is 5.32 Å². The maximum atomic E-state index is 11.6. The highest BCUT2D eigenvalue weighted by Gasteiger charge is 2.12. The third-order valence-corrected chi connectivity index (χ3v) is 3.14. The van der Waals surface area contributed by atoms with Gasteiger partial charge in [-0.2, -0.15) is 9.78 Å². The minimum Gasteiger partial charge on any atom is -0.450 e. The first-order chi connectivity index (χ1) is 10.7. The summed E-state index contributed by atoms with van der Waals surface area (Å²) < 4.78 is 6.50. The van der Waals surface area contributed by atoms with Gasteiger partial charge in [0, 0.05) is 11.5 Å². The minimum atomic E-state index is -0.510. The summed E-state index contributed by atoms with van der Waals surface area (Å²) in [6, 6.07) is 13.5. The van der Waals surface area contributed by atoms with Crippen molar-refractivity contribution in [2.75, 3.05) is 11.9 Å². The van der Waals surface area contributed by atoms with E-state index in [1.165, 1.54) is 0 Å². The molecule has 0 unspecified atom stereocenters. The molecule has 1 amide bonds. The SMILES string of the molecule is CCOC(=O)Nc1cc(C)nn1-c1ccc2ccccc2n1. The third-order valence-electron chi connectivity index (χ3n) is 3.14. The summed E-state index contributed by atoms with van der Waals surface area (Å²) in [6.45, 7) is 3.92. The van der Waals surface area contributed by atoms with Crippen molar-refractivity contribution in [1.29, 1.82) is 0 Å². The quantitative estimate of drug-likeness (QED) is 0.805. The van der Waals surface area contributed by atoms with E-state index in [2.05, 4.69) is 15.4 Å². The van der Waals surface area contributed by atoms with Crippen molar-refractivity contribution in [2.24, 2.45) is 0 Å². The van der Waals surface area contributed by atoms with Crippen molar-refractivity contribution in [2.45, 2.75) is 13.8 Å². The number of rotatable bonds is 3. The molecule has 0 aliphatic heterocycles. The molecule has 0 aliphatic rings. The number of aromatic nitrogens is 3. The minimum absolute atomic E-state index is 0.313. The molecule has 0 spiro atoms. The van der Waals surface area contributed by atoms with Gasteiger partial charge in [0.2, 0.25) is 0 Å². The Morgan fingerprint density at radius 1 is 1.27 bits per heavy atom. The van der Waals surface area contributed by atoms with E-state index >= 15 is 0 Å². The molecule has 6 heteroatoms. The Balaban J connectivity index is 2.00. The van der Waals surface area contributed by atoms with E-state index in [0.29, 0.717) is 18.2 Å². The number of fused-ring (bicyclic) bond motifs is 1. The van der Waals surface area contributed by atoms with Crippen LogP contribution in [0.4, 0.5) is 10.6 Å². The molecule has 3 rings (SSSR count). The molecule has 6 nitrogen and oxygen atoms in total. The molecule has 0 fully saturated rings. The number of ether oxygens (including phenoxy) is 1. The number of pyridine rings is 1. The van der Waals surface area contributed by atoms with Crippen LogP contribution in [-0.2, 0) is 4.74 Å². The Hall–Kier alpha value is -2.89. The number of hydrogen-bond acceptors (Lipinski definition) is 4. The second-order valence-corrected chi connectivity index (χ2v) is 4.79. The van der Waals surface area contributed by atoms with Crippen molar-refractivity contribution in [3.8, 4) is 5.82 Å². The van der Waals surface area contributed by atoms with Crippen LogP contribution in [0.3, 0.4) is 0 Å². The van der Waals surface area contributed by atoms with E-state index < -0.39 is 6.09 Å². The predicted molar refractivity (Wildman–Crippen MR) is 84.2 cm³/mol. The zero-order chi connectivity index (χ0) is 15.5. The summed E-state index contributed by atoms with van der Waals surface area (Å²) >= 11 is 0. The lowest BCUT2D eigenvalue weighted by molar-refractivity contribution is 0.167. The van der Waals surface area contributed by atoms with Crippen LogP contribution in [-0.4, -0.2) is 27.5 Å². The maximum Gasteiger partial charge on any atom is 0.412 e. The lowest BCUT2D eigenvalue weighted by Gasteiger charge is -2.08. The summed E-state index contributed by atoms with van der Waals surface area (Å²) in [5.74, 6) is 1.16. The van der Waals surface area contributed by atoms with Gasteiger partial charge in [-0.3, -0.25) is 5.32 Å². The zero-order valence-electron chi connectivity index (χ0n) is 12.4. The van der Waals surface area contributed by atoms with E-state index in [9.17, 15) is 4.79 Å². The molecule has 0 aliphatic carbocycles.